The van der Waals surface area contributed by atoms with Crippen LogP contribution in [0.15, 0.2) is 65.9 Å². The Morgan fingerprint density at radius 1 is 1.17 bits per heavy atom. The van der Waals surface area contributed by atoms with E-state index in [1.54, 1.807) is 18.5 Å². The Morgan fingerprint density at radius 2 is 1.97 bits per heavy atom. The zero-order valence-corrected chi connectivity index (χ0v) is 19.3. The van der Waals surface area contributed by atoms with Gasteiger partial charge in [-0.25, -0.2) is 9.38 Å². The van der Waals surface area contributed by atoms with Crippen molar-refractivity contribution in [1.82, 2.24) is 25.4 Å². The summed E-state index contributed by atoms with van der Waals surface area (Å²) in [4.78, 5) is 4.59. The first kappa shape index (κ1) is 23.6. The third-order valence-corrected chi connectivity index (χ3v) is 4.07. The van der Waals surface area contributed by atoms with E-state index in [0.717, 1.165) is 18.1 Å². The molecule has 0 saturated carbocycles. The molecular weight excluding hydrogens is 498 g/mol. The molecule has 1 aromatic heterocycles. The van der Waals surface area contributed by atoms with E-state index in [2.05, 4.69) is 25.8 Å². The van der Waals surface area contributed by atoms with Crippen LogP contribution in [-0.4, -0.2) is 39.9 Å². The zero-order valence-electron chi connectivity index (χ0n) is 17.0. The highest BCUT2D eigenvalue weighted by Gasteiger charge is 2.09. The van der Waals surface area contributed by atoms with E-state index in [9.17, 15) is 4.39 Å². The lowest BCUT2D eigenvalue weighted by Gasteiger charge is -2.17. The van der Waals surface area contributed by atoms with E-state index in [0.29, 0.717) is 24.8 Å². The van der Waals surface area contributed by atoms with Crippen molar-refractivity contribution in [3.05, 3.63) is 72.6 Å². The summed E-state index contributed by atoms with van der Waals surface area (Å²) in [5, 5.41) is 14.6. The van der Waals surface area contributed by atoms with E-state index >= 15 is 0 Å². The predicted molar refractivity (Wildman–Crippen MR) is 126 cm³/mol. The number of nitrogens with zero attached hydrogens (tertiary/aromatic N) is 4. The van der Waals surface area contributed by atoms with Gasteiger partial charge in [0.2, 0.25) is 0 Å². The van der Waals surface area contributed by atoms with Gasteiger partial charge in [0.05, 0.1) is 6.54 Å². The second-order valence-corrected chi connectivity index (χ2v) is 6.41. The number of nitrogens with one attached hydrogen (secondary N) is 2. The molecule has 0 saturated heterocycles. The second kappa shape index (κ2) is 12.1. The molecule has 2 N–H and O–H groups in total. The first-order valence-electron chi connectivity index (χ1n) is 9.54. The number of benzene rings is 2. The molecule has 0 radical (unpaired) electrons. The summed E-state index contributed by atoms with van der Waals surface area (Å²) in [6.07, 6.45) is 1.50. The van der Waals surface area contributed by atoms with Crippen molar-refractivity contribution < 1.29 is 9.13 Å². The lowest BCUT2D eigenvalue weighted by Crippen LogP contribution is -2.41. The van der Waals surface area contributed by atoms with Gasteiger partial charge in [0, 0.05) is 18.3 Å². The minimum Gasteiger partial charge on any atom is -0.489 e. The molecule has 0 spiro atoms. The van der Waals surface area contributed by atoms with Gasteiger partial charge >= 0.3 is 0 Å². The maximum atomic E-state index is 13.3. The van der Waals surface area contributed by atoms with Gasteiger partial charge in [-0.05, 0) is 38.1 Å². The molecule has 0 aliphatic heterocycles. The van der Waals surface area contributed by atoms with Crippen molar-refractivity contribution in [2.45, 2.75) is 26.5 Å². The van der Waals surface area contributed by atoms with Gasteiger partial charge in [-0.3, -0.25) is 4.57 Å². The number of halogens is 2. The lowest BCUT2D eigenvalue weighted by molar-refractivity contribution is 0.223. The normalized spacial score (nSPS) is 12.0. The van der Waals surface area contributed by atoms with Gasteiger partial charge < -0.3 is 15.4 Å². The molecule has 0 fully saturated rings. The van der Waals surface area contributed by atoms with Crippen LogP contribution in [0.25, 0.3) is 5.69 Å². The Bertz CT molecular complexity index is 934. The molecule has 0 aliphatic carbocycles. The second-order valence-electron chi connectivity index (χ2n) is 6.41. The van der Waals surface area contributed by atoms with Gasteiger partial charge in [0.15, 0.2) is 11.8 Å². The van der Waals surface area contributed by atoms with Crippen molar-refractivity contribution in [3.63, 3.8) is 0 Å². The Labute approximate surface area is 192 Å². The van der Waals surface area contributed by atoms with Crippen LogP contribution < -0.4 is 15.4 Å². The molecular formula is C21H26FIN6O. The third-order valence-electron chi connectivity index (χ3n) is 4.07. The summed E-state index contributed by atoms with van der Waals surface area (Å²) in [5.74, 6) is 1.56. The molecule has 3 aromatic rings. The molecule has 1 heterocycles. The maximum Gasteiger partial charge on any atom is 0.191 e. The topological polar surface area (TPSA) is 76.4 Å². The van der Waals surface area contributed by atoms with Crippen LogP contribution in [0.4, 0.5) is 4.39 Å². The van der Waals surface area contributed by atoms with Crippen molar-refractivity contribution >= 4 is 29.9 Å². The minimum absolute atomic E-state index is 0. The fraction of sp³-hybridized carbons (Fsp3) is 0.286. The smallest absolute Gasteiger partial charge is 0.191 e. The fourth-order valence-electron chi connectivity index (χ4n) is 2.72. The number of guanidine groups is 1. The van der Waals surface area contributed by atoms with Gasteiger partial charge in [0.25, 0.3) is 0 Å². The molecule has 160 valence electrons. The van der Waals surface area contributed by atoms with Crippen molar-refractivity contribution in [3.8, 4) is 11.4 Å². The standard InChI is InChI=1S/C21H25FN6O.HI/c1-3-23-21(24-13-16(2)29-19-11-7-8-17(22)12-19)25-14-20-27-26-15-28(20)18-9-5-4-6-10-18;/h4-12,15-16H,3,13-14H2,1-2H3,(H2,23,24,25);1H. The van der Waals surface area contributed by atoms with E-state index in [4.69, 9.17) is 4.74 Å². The van der Waals surface area contributed by atoms with Gasteiger partial charge in [-0.15, -0.1) is 34.2 Å². The van der Waals surface area contributed by atoms with Crippen LogP contribution in [0.1, 0.15) is 19.7 Å². The van der Waals surface area contributed by atoms with Crippen molar-refractivity contribution in [2.24, 2.45) is 4.99 Å². The lowest BCUT2D eigenvalue weighted by atomic mass is 10.3. The number of rotatable bonds is 8. The Kier molecular flexibility index (Phi) is 9.52. The number of hydrogen-bond acceptors (Lipinski definition) is 4. The van der Waals surface area contributed by atoms with Crippen molar-refractivity contribution in [1.29, 1.82) is 0 Å². The largest absolute Gasteiger partial charge is 0.489 e. The minimum atomic E-state index is -0.319. The van der Waals surface area contributed by atoms with Crippen LogP contribution in [0.5, 0.6) is 5.75 Å². The fourth-order valence-corrected chi connectivity index (χ4v) is 2.72. The van der Waals surface area contributed by atoms with Crippen LogP contribution in [-0.2, 0) is 6.54 Å². The van der Waals surface area contributed by atoms with Crippen LogP contribution >= 0.6 is 24.0 Å². The maximum absolute atomic E-state index is 13.3. The number of aromatic nitrogens is 3. The SMILES string of the molecule is CCNC(=NCc1nncn1-c1ccccc1)NCC(C)Oc1cccc(F)c1.I. The van der Waals surface area contributed by atoms with Gasteiger partial charge in [-0.2, -0.15) is 0 Å². The van der Waals surface area contributed by atoms with Crippen LogP contribution in [0.2, 0.25) is 0 Å². The van der Waals surface area contributed by atoms with Gasteiger partial charge in [0.1, 0.15) is 30.5 Å². The zero-order chi connectivity index (χ0) is 20.5. The molecule has 0 aliphatic rings. The molecule has 1 atom stereocenters. The Morgan fingerprint density at radius 3 is 2.70 bits per heavy atom. The molecule has 7 nitrogen and oxygen atoms in total. The van der Waals surface area contributed by atoms with E-state index in [1.165, 1.54) is 12.1 Å². The summed E-state index contributed by atoms with van der Waals surface area (Å²) in [7, 11) is 0. The molecule has 1 unspecified atom stereocenters. The van der Waals surface area contributed by atoms with E-state index < -0.39 is 0 Å². The molecule has 3 rings (SSSR count). The number of hydrogen-bond donors (Lipinski definition) is 2. The highest BCUT2D eigenvalue weighted by molar-refractivity contribution is 14.0. The number of aliphatic imine (C=N–C) groups is 1. The first-order valence-corrected chi connectivity index (χ1v) is 9.54. The summed E-state index contributed by atoms with van der Waals surface area (Å²) >= 11 is 0. The highest BCUT2D eigenvalue weighted by atomic mass is 127. The van der Waals surface area contributed by atoms with Crippen LogP contribution in [0.3, 0.4) is 0 Å². The molecule has 0 bridgehead atoms. The summed E-state index contributed by atoms with van der Waals surface area (Å²) < 4.78 is 20.9. The first-order chi connectivity index (χ1) is 14.2. The van der Waals surface area contributed by atoms with Gasteiger partial charge in [-0.1, -0.05) is 24.3 Å². The highest BCUT2D eigenvalue weighted by Crippen LogP contribution is 2.13. The van der Waals surface area contributed by atoms with E-state index in [-0.39, 0.29) is 35.9 Å². The molecule has 30 heavy (non-hydrogen) atoms. The number of ether oxygens (including phenoxy) is 1. The summed E-state index contributed by atoms with van der Waals surface area (Å²) in [6.45, 7) is 5.50. The third kappa shape index (κ3) is 6.97. The monoisotopic (exact) mass is 524 g/mol. The predicted octanol–water partition coefficient (Wildman–Crippen LogP) is 3.55. The Balaban J connectivity index is 0.00000320. The number of para-hydroxylation sites is 1. The Hall–Kier alpha value is -2.69. The average Bonchev–Trinajstić information content (AvgIpc) is 3.19. The molecule has 2 aromatic carbocycles. The van der Waals surface area contributed by atoms with E-state index in [1.807, 2.05) is 48.7 Å². The quantitative estimate of drug-likeness (QED) is 0.268. The molecule has 0 amide bonds. The van der Waals surface area contributed by atoms with Crippen LogP contribution in [0, 0.1) is 5.82 Å². The summed E-state index contributed by atoms with van der Waals surface area (Å²) in [5.41, 5.74) is 0.984. The van der Waals surface area contributed by atoms with Crippen molar-refractivity contribution in [2.75, 3.05) is 13.1 Å². The molecule has 9 heteroatoms. The summed E-state index contributed by atoms with van der Waals surface area (Å²) in [6, 6.07) is 16.0. The average molecular weight is 524 g/mol.